The Morgan fingerprint density at radius 1 is 1.30 bits per heavy atom. The van der Waals surface area contributed by atoms with E-state index in [2.05, 4.69) is 10.6 Å². The zero-order valence-electron chi connectivity index (χ0n) is 13.3. The lowest BCUT2D eigenvalue weighted by molar-refractivity contribution is -0.123. The van der Waals surface area contributed by atoms with Crippen molar-refractivity contribution in [3.8, 4) is 0 Å². The van der Waals surface area contributed by atoms with E-state index < -0.39 is 0 Å². The molecule has 0 saturated carbocycles. The van der Waals surface area contributed by atoms with Crippen LogP contribution < -0.4 is 10.6 Å². The van der Waals surface area contributed by atoms with Crippen molar-refractivity contribution in [2.75, 3.05) is 31.7 Å². The van der Waals surface area contributed by atoms with Crippen LogP contribution in [-0.4, -0.2) is 49.5 Å². The van der Waals surface area contributed by atoms with Gasteiger partial charge in [-0.2, -0.15) is 0 Å². The van der Waals surface area contributed by atoms with Gasteiger partial charge in [-0.05, 0) is 31.2 Å². The molecular weight excluding hydrogens is 316 g/mol. The van der Waals surface area contributed by atoms with Crippen LogP contribution in [-0.2, 0) is 19.1 Å². The fourth-order valence-electron chi connectivity index (χ4n) is 2.09. The second kappa shape index (κ2) is 8.90. The summed E-state index contributed by atoms with van der Waals surface area (Å²) in [5.74, 6) is -0.137. The molecule has 0 spiro atoms. The van der Waals surface area contributed by atoms with Crippen molar-refractivity contribution >= 4 is 29.3 Å². The number of carbonyl (C=O) groups excluding carboxylic acids is 2. The molecule has 2 amide bonds. The van der Waals surface area contributed by atoms with Gasteiger partial charge in [0.25, 0.3) is 0 Å². The maximum atomic E-state index is 12.1. The molecular formula is C16H22N2O4S. The molecule has 2 N–H and O–H groups in total. The summed E-state index contributed by atoms with van der Waals surface area (Å²) < 4.78 is 10.8. The van der Waals surface area contributed by atoms with Crippen LogP contribution in [0, 0.1) is 0 Å². The molecule has 1 fully saturated rings. The zero-order valence-corrected chi connectivity index (χ0v) is 14.2. The van der Waals surface area contributed by atoms with Crippen molar-refractivity contribution in [1.29, 1.82) is 0 Å². The predicted molar refractivity (Wildman–Crippen MR) is 89.6 cm³/mol. The SMILES string of the molecule is CC(=O)Nc1ccc(S[C@@H](C)C(=O)NC[C@@H]2COCCO2)cc1. The summed E-state index contributed by atoms with van der Waals surface area (Å²) in [5, 5.41) is 5.38. The monoisotopic (exact) mass is 338 g/mol. The highest BCUT2D eigenvalue weighted by molar-refractivity contribution is 8.00. The molecule has 0 unspecified atom stereocenters. The molecule has 7 heteroatoms. The molecule has 1 aromatic carbocycles. The van der Waals surface area contributed by atoms with E-state index in [1.807, 2.05) is 31.2 Å². The molecule has 1 aliphatic rings. The van der Waals surface area contributed by atoms with Crippen LogP contribution in [0.3, 0.4) is 0 Å². The van der Waals surface area contributed by atoms with E-state index in [4.69, 9.17) is 9.47 Å². The van der Waals surface area contributed by atoms with E-state index in [1.54, 1.807) is 0 Å². The summed E-state index contributed by atoms with van der Waals surface area (Å²) in [4.78, 5) is 24.1. The minimum absolute atomic E-state index is 0.0323. The van der Waals surface area contributed by atoms with E-state index >= 15 is 0 Å². The molecule has 126 valence electrons. The third kappa shape index (κ3) is 6.21. The maximum Gasteiger partial charge on any atom is 0.233 e. The number of hydrogen-bond donors (Lipinski definition) is 2. The first kappa shape index (κ1) is 17.8. The van der Waals surface area contributed by atoms with Gasteiger partial charge in [-0.3, -0.25) is 9.59 Å². The molecule has 1 heterocycles. The summed E-state index contributed by atoms with van der Waals surface area (Å²) in [6.45, 7) is 5.50. The van der Waals surface area contributed by atoms with Crippen LogP contribution in [0.4, 0.5) is 5.69 Å². The quantitative estimate of drug-likeness (QED) is 0.772. The smallest absolute Gasteiger partial charge is 0.233 e. The number of ether oxygens (including phenoxy) is 2. The van der Waals surface area contributed by atoms with Gasteiger partial charge in [-0.15, -0.1) is 11.8 Å². The molecule has 0 aromatic heterocycles. The van der Waals surface area contributed by atoms with Crippen molar-refractivity contribution in [2.24, 2.45) is 0 Å². The van der Waals surface area contributed by atoms with E-state index in [-0.39, 0.29) is 23.2 Å². The highest BCUT2D eigenvalue weighted by Gasteiger charge is 2.18. The number of hydrogen-bond acceptors (Lipinski definition) is 5. The third-order valence-electron chi connectivity index (χ3n) is 3.25. The summed E-state index contributed by atoms with van der Waals surface area (Å²) in [6, 6.07) is 7.42. The van der Waals surface area contributed by atoms with Gasteiger partial charge in [0.15, 0.2) is 0 Å². The number of amides is 2. The molecule has 1 aliphatic heterocycles. The normalized spacial score (nSPS) is 19.0. The van der Waals surface area contributed by atoms with E-state index in [0.29, 0.717) is 26.4 Å². The largest absolute Gasteiger partial charge is 0.376 e. The lowest BCUT2D eigenvalue weighted by Gasteiger charge is -2.23. The molecule has 23 heavy (non-hydrogen) atoms. The highest BCUT2D eigenvalue weighted by Crippen LogP contribution is 2.24. The van der Waals surface area contributed by atoms with Crippen molar-refractivity contribution in [2.45, 2.75) is 30.1 Å². The Morgan fingerprint density at radius 3 is 2.65 bits per heavy atom. The Labute approximate surface area is 140 Å². The fraction of sp³-hybridized carbons (Fsp3) is 0.500. The van der Waals surface area contributed by atoms with E-state index in [1.165, 1.54) is 18.7 Å². The number of rotatable bonds is 6. The second-order valence-corrected chi connectivity index (χ2v) is 6.69. The van der Waals surface area contributed by atoms with Crippen LogP contribution in [0.2, 0.25) is 0 Å². The van der Waals surface area contributed by atoms with Crippen molar-refractivity contribution in [3.05, 3.63) is 24.3 Å². The number of thioether (sulfide) groups is 1. The minimum Gasteiger partial charge on any atom is -0.376 e. The lowest BCUT2D eigenvalue weighted by atomic mass is 10.3. The van der Waals surface area contributed by atoms with Gasteiger partial charge in [0.05, 0.1) is 31.2 Å². The average molecular weight is 338 g/mol. The van der Waals surface area contributed by atoms with Crippen LogP contribution in [0.15, 0.2) is 29.2 Å². The summed E-state index contributed by atoms with van der Waals surface area (Å²) >= 11 is 1.47. The Hall–Kier alpha value is -1.57. The van der Waals surface area contributed by atoms with E-state index in [9.17, 15) is 9.59 Å². The van der Waals surface area contributed by atoms with Crippen LogP contribution >= 0.6 is 11.8 Å². The molecule has 1 saturated heterocycles. The van der Waals surface area contributed by atoms with Crippen LogP contribution in [0.1, 0.15) is 13.8 Å². The van der Waals surface area contributed by atoms with Crippen LogP contribution in [0.5, 0.6) is 0 Å². The maximum absolute atomic E-state index is 12.1. The predicted octanol–water partition coefficient (Wildman–Crippen LogP) is 1.66. The number of anilines is 1. The number of nitrogens with one attached hydrogen (secondary N) is 2. The van der Waals surface area contributed by atoms with Gasteiger partial charge in [-0.25, -0.2) is 0 Å². The number of carbonyl (C=O) groups is 2. The van der Waals surface area contributed by atoms with Crippen molar-refractivity contribution in [1.82, 2.24) is 5.32 Å². The van der Waals surface area contributed by atoms with E-state index in [0.717, 1.165) is 10.6 Å². The number of benzene rings is 1. The topological polar surface area (TPSA) is 76.7 Å². The first-order valence-corrected chi connectivity index (χ1v) is 8.44. The third-order valence-corrected chi connectivity index (χ3v) is 4.36. The molecule has 6 nitrogen and oxygen atoms in total. The van der Waals surface area contributed by atoms with Crippen molar-refractivity contribution < 1.29 is 19.1 Å². The molecule has 0 radical (unpaired) electrons. The Kier molecular flexibility index (Phi) is 6.88. The lowest BCUT2D eigenvalue weighted by Crippen LogP contribution is -2.42. The second-order valence-electron chi connectivity index (χ2n) is 5.28. The first-order chi connectivity index (χ1) is 11.0. The molecule has 2 rings (SSSR count). The van der Waals surface area contributed by atoms with Crippen molar-refractivity contribution in [3.63, 3.8) is 0 Å². The van der Waals surface area contributed by atoms with Crippen LogP contribution in [0.25, 0.3) is 0 Å². The Balaban J connectivity index is 1.77. The van der Waals surface area contributed by atoms with Gasteiger partial charge in [0.1, 0.15) is 0 Å². The van der Waals surface area contributed by atoms with Gasteiger partial charge >= 0.3 is 0 Å². The van der Waals surface area contributed by atoms with Gasteiger partial charge in [0.2, 0.25) is 11.8 Å². The molecule has 1 aromatic rings. The summed E-state index contributed by atoms with van der Waals surface area (Å²) in [6.07, 6.45) is -0.0677. The van der Waals surface area contributed by atoms with Gasteiger partial charge < -0.3 is 20.1 Å². The molecule has 0 aliphatic carbocycles. The highest BCUT2D eigenvalue weighted by atomic mass is 32.2. The minimum atomic E-state index is -0.217. The molecule has 2 atom stereocenters. The molecule has 0 bridgehead atoms. The Bertz CT molecular complexity index is 529. The standard InChI is InChI=1S/C16H22N2O4S/c1-11(16(20)17-9-14-10-21-7-8-22-14)23-15-5-3-13(4-6-15)18-12(2)19/h3-6,11,14H,7-10H2,1-2H3,(H,17,20)(H,18,19)/t11-,14+/m0/s1. The zero-order chi connectivity index (χ0) is 16.7. The Morgan fingerprint density at radius 2 is 2.04 bits per heavy atom. The average Bonchev–Trinajstić information content (AvgIpc) is 2.55. The first-order valence-electron chi connectivity index (χ1n) is 7.56. The summed E-state index contributed by atoms with van der Waals surface area (Å²) in [7, 11) is 0. The fourth-order valence-corrected chi connectivity index (χ4v) is 2.98. The van der Waals surface area contributed by atoms with Gasteiger partial charge in [0, 0.05) is 24.1 Å². The summed E-state index contributed by atoms with van der Waals surface area (Å²) in [5.41, 5.74) is 0.744. The van der Waals surface area contributed by atoms with Gasteiger partial charge in [-0.1, -0.05) is 0 Å².